The Hall–Kier alpha value is -1.28. The van der Waals surface area contributed by atoms with E-state index in [1.54, 1.807) is 0 Å². The van der Waals surface area contributed by atoms with Crippen LogP contribution in [0, 0.1) is 6.92 Å². The molecule has 3 heteroatoms. The number of aldehydes is 1. The van der Waals surface area contributed by atoms with Crippen molar-refractivity contribution < 1.29 is 4.79 Å². The van der Waals surface area contributed by atoms with E-state index in [1.165, 1.54) is 0 Å². The zero-order valence-corrected chi connectivity index (χ0v) is 10.4. The Labute approximate surface area is 99.8 Å². The average Bonchev–Trinajstić information content (AvgIpc) is 2.53. The van der Waals surface area contributed by atoms with Crippen molar-refractivity contribution in [2.24, 2.45) is 0 Å². The van der Waals surface area contributed by atoms with E-state index in [1.807, 2.05) is 29.7 Å². The van der Waals surface area contributed by atoms with E-state index in [9.17, 15) is 4.79 Å². The zero-order valence-electron chi connectivity index (χ0n) is 9.62. The van der Waals surface area contributed by atoms with Crippen LogP contribution < -0.4 is 0 Å². The van der Waals surface area contributed by atoms with Gasteiger partial charge in [0, 0.05) is 11.4 Å². The molecule has 1 heterocycles. The van der Waals surface area contributed by atoms with Crippen molar-refractivity contribution in [3.63, 3.8) is 0 Å². The molecule has 0 saturated heterocycles. The first-order chi connectivity index (χ1) is 7.57. The largest absolute Gasteiger partial charge is 0.334 e. The fourth-order valence-electron chi connectivity index (χ4n) is 2.18. The van der Waals surface area contributed by atoms with Crippen LogP contribution in [0.1, 0.15) is 35.9 Å². The lowest BCUT2D eigenvalue weighted by molar-refractivity contribution is 0.111. The van der Waals surface area contributed by atoms with Crippen molar-refractivity contribution in [3.8, 4) is 0 Å². The molecule has 0 radical (unpaired) electrons. The van der Waals surface area contributed by atoms with Crippen LogP contribution in [0.4, 0.5) is 0 Å². The highest BCUT2D eigenvalue weighted by Crippen LogP contribution is 2.32. The summed E-state index contributed by atoms with van der Waals surface area (Å²) in [6.07, 6.45) is 0.908. The number of rotatable bonds is 2. The molecule has 84 valence electrons. The normalized spacial score (nSPS) is 11.3. The predicted molar refractivity (Wildman–Crippen MR) is 67.5 cm³/mol. The summed E-state index contributed by atoms with van der Waals surface area (Å²) in [5, 5.41) is 1.76. The summed E-state index contributed by atoms with van der Waals surface area (Å²) in [5.41, 5.74) is 2.68. The number of carbonyl (C=O) groups is 1. The van der Waals surface area contributed by atoms with Crippen molar-refractivity contribution in [2.75, 3.05) is 0 Å². The molecular formula is C13H14ClNO. The number of fused-ring (bicyclic) bond motifs is 1. The van der Waals surface area contributed by atoms with Crippen LogP contribution in [0.5, 0.6) is 0 Å². The van der Waals surface area contributed by atoms with Crippen molar-refractivity contribution in [1.82, 2.24) is 4.57 Å². The lowest BCUT2D eigenvalue weighted by atomic mass is 10.1. The van der Waals surface area contributed by atoms with Crippen LogP contribution in [0.15, 0.2) is 18.2 Å². The summed E-state index contributed by atoms with van der Waals surface area (Å²) in [4.78, 5) is 11.2. The van der Waals surface area contributed by atoms with E-state index < -0.39 is 0 Å². The van der Waals surface area contributed by atoms with Crippen molar-refractivity contribution in [3.05, 3.63) is 34.5 Å². The summed E-state index contributed by atoms with van der Waals surface area (Å²) >= 11 is 6.21. The number of para-hydroxylation sites is 1. The standard InChI is InChI=1S/C13H14ClNO/c1-8(2)15-12(7-16)9(3)10-5-4-6-11(14)13(10)15/h4-8H,1-3H3. The monoisotopic (exact) mass is 235 g/mol. The molecule has 16 heavy (non-hydrogen) atoms. The Morgan fingerprint density at radius 3 is 2.62 bits per heavy atom. The van der Waals surface area contributed by atoms with Crippen LogP contribution in [0.2, 0.25) is 5.02 Å². The maximum atomic E-state index is 11.2. The van der Waals surface area contributed by atoms with Gasteiger partial charge in [-0.05, 0) is 32.4 Å². The zero-order chi connectivity index (χ0) is 11.9. The molecule has 0 atom stereocenters. The lowest BCUT2D eigenvalue weighted by Crippen LogP contribution is -2.05. The minimum absolute atomic E-state index is 0.219. The molecule has 0 bridgehead atoms. The number of nitrogens with zero attached hydrogens (tertiary/aromatic N) is 1. The topological polar surface area (TPSA) is 22.0 Å². The first-order valence-corrected chi connectivity index (χ1v) is 5.70. The second-order valence-corrected chi connectivity index (χ2v) is 4.64. The molecule has 1 aromatic carbocycles. The van der Waals surface area contributed by atoms with Gasteiger partial charge in [-0.3, -0.25) is 4.79 Å². The number of hydrogen-bond donors (Lipinski definition) is 0. The Kier molecular flexibility index (Phi) is 2.76. The van der Waals surface area contributed by atoms with E-state index in [0.29, 0.717) is 5.02 Å². The van der Waals surface area contributed by atoms with Gasteiger partial charge in [-0.15, -0.1) is 0 Å². The third-order valence-electron chi connectivity index (χ3n) is 2.90. The molecule has 0 aliphatic rings. The maximum absolute atomic E-state index is 11.2. The van der Waals surface area contributed by atoms with E-state index in [0.717, 1.165) is 28.4 Å². The Morgan fingerprint density at radius 2 is 2.06 bits per heavy atom. The number of aromatic nitrogens is 1. The van der Waals surface area contributed by atoms with Gasteiger partial charge in [0.05, 0.1) is 16.2 Å². The minimum Gasteiger partial charge on any atom is -0.334 e. The first-order valence-electron chi connectivity index (χ1n) is 5.32. The van der Waals surface area contributed by atoms with E-state index in [2.05, 4.69) is 13.8 Å². The molecule has 0 fully saturated rings. The van der Waals surface area contributed by atoms with E-state index >= 15 is 0 Å². The average molecular weight is 236 g/mol. The van der Waals surface area contributed by atoms with Crippen molar-refractivity contribution in [1.29, 1.82) is 0 Å². The van der Waals surface area contributed by atoms with Crippen LogP contribution >= 0.6 is 11.6 Å². The van der Waals surface area contributed by atoms with Crippen LogP contribution in [0.3, 0.4) is 0 Å². The smallest absolute Gasteiger partial charge is 0.166 e. The first kappa shape index (κ1) is 11.2. The highest BCUT2D eigenvalue weighted by atomic mass is 35.5. The fourth-order valence-corrected chi connectivity index (χ4v) is 2.45. The van der Waals surface area contributed by atoms with Crippen LogP contribution in [-0.4, -0.2) is 10.9 Å². The minimum atomic E-state index is 0.219. The van der Waals surface area contributed by atoms with Gasteiger partial charge >= 0.3 is 0 Å². The highest BCUT2D eigenvalue weighted by Gasteiger charge is 2.17. The molecule has 0 saturated carbocycles. The molecule has 0 aliphatic heterocycles. The summed E-state index contributed by atoms with van der Waals surface area (Å²) < 4.78 is 2.00. The van der Waals surface area contributed by atoms with Gasteiger partial charge in [0.1, 0.15) is 0 Å². The molecule has 0 aliphatic carbocycles. The molecule has 2 nitrogen and oxygen atoms in total. The van der Waals surface area contributed by atoms with Gasteiger partial charge in [0.2, 0.25) is 0 Å². The second-order valence-electron chi connectivity index (χ2n) is 4.23. The molecule has 0 spiro atoms. The van der Waals surface area contributed by atoms with Gasteiger partial charge < -0.3 is 4.57 Å². The van der Waals surface area contributed by atoms with E-state index in [4.69, 9.17) is 11.6 Å². The van der Waals surface area contributed by atoms with Crippen molar-refractivity contribution in [2.45, 2.75) is 26.8 Å². The number of hydrogen-bond acceptors (Lipinski definition) is 1. The van der Waals surface area contributed by atoms with Crippen LogP contribution in [0.25, 0.3) is 10.9 Å². The maximum Gasteiger partial charge on any atom is 0.166 e. The van der Waals surface area contributed by atoms with Gasteiger partial charge in [0.15, 0.2) is 6.29 Å². The molecule has 2 rings (SSSR count). The summed E-state index contributed by atoms with van der Waals surface area (Å²) in [6, 6.07) is 5.99. The second kappa shape index (κ2) is 3.95. The molecule has 0 N–H and O–H groups in total. The number of carbonyl (C=O) groups excluding carboxylic acids is 1. The quantitative estimate of drug-likeness (QED) is 0.722. The Bertz CT molecular complexity index is 555. The molecular weight excluding hydrogens is 222 g/mol. The summed E-state index contributed by atoms with van der Waals surface area (Å²) in [6.45, 7) is 6.06. The molecule has 2 aromatic rings. The molecule has 0 unspecified atom stereocenters. The third kappa shape index (κ3) is 1.45. The molecule has 1 aromatic heterocycles. The van der Waals surface area contributed by atoms with Gasteiger partial charge in [-0.25, -0.2) is 0 Å². The number of aryl methyl sites for hydroxylation is 1. The Balaban J connectivity index is 2.98. The highest BCUT2D eigenvalue weighted by molar-refractivity contribution is 6.35. The number of halogens is 1. The Morgan fingerprint density at radius 1 is 1.38 bits per heavy atom. The molecule has 0 amide bonds. The van der Waals surface area contributed by atoms with Crippen molar-refractivity contribution >= 4 is 28.8 Å². The lowest BCUT2D eigenvalue weighted by Gasteiger charge is -2.12. The third-order valence-corrected chi connectivity index (χ3v) is 3.21. The van der Waals surface area contributed by atoms with Gasteiger partial charge in [-0.2, -0.15) is 0 Å². The summed E-state index contributed by atoms with van der Waals surface area (Å²) in [7, 11) is 0. The van der Waals surface area contributed by atoms with Gasteiger partial charge in [-0.1, -0.05) is 23.7 Å². The fraction of sp³-hybridized carbons (Fsp3) is 0.308. The number of benzene rings is 1. The van der Waals surface area contributed by atoms with Gasteiger partial charge in [0.25, 0.3) is 0 Å². The van der Waals surface area contributed by atoms with Crippen LogP contribution in [-0.2, 0) is 0 Å². The summed E-state index contributed by atoms with van der Waals surface area (Å²) in [5.74, 6) is 0. The predicted octanol–water partition coefficient (Wildman–Crippen LogP) is 4.00. The van der Waals surface area contributed by atoms with E-state index in [-0.39, 0.29) is 6.04 Å². The SMILES string of the molecule is Cc1c(C=O)n(C(C)C)c2c(Cl)cccc12.